The van der Waals surface area contributed by atoms with Crippen molar-refractivity contribution in [2.75, 3.05) is 0 Å². The molecule has 0 saturated carbocycles. The summed E-state index contributed by atoms with van der Waals surface area (Å²) >= 11 is 1.86. The summed E-state index contributed by atoms with van der Waals surface area (Å²) < 4.78 is 14.4. The van der Waals surface area contributed by atoms with Gasteiger partial charge in [0.2, 0.25) is 0 Å². The van der Waals surface area contributed by atoms with Gasteiger partial charge in [0.1, 0.15) is 0 Å². The van der Waals surface area contributed by atoms with Gasteiger partial charge in [0.05, 0.1) is 0 Å². The van der Waals surface area contributed by atoms with Crippen LogP contribution in [0.1, 0.15) is 17.5 Å². The Labute approximate surface area is 94.8 Å². The van der Waals surface area contributed by atoms with Gasteiger partial charge in [-0.3, -0.25) is 0 Å². The van der Waals surface area contributed by atoms with Crippen LogP contribution in [0.15, 0.2) is 12.1 Å². The van der Waals surface area contributed by atoms with E-state index in [1.54, 1.807) is 6.07 Å². The minimum atomic E-state index is -0.00657. The summed E-state index contributed by atoms with van der Waals surface area (Å²) in [6.45, 7) is 0. The van der Waals surface area contributed by atoms with Crippen molar-refractivity contribution >= 4 is 25.4 Å². The van der Waals surface area contributed by atoms with E-state index in [2.05, 4.69) is 0 Å². The molecule has 0 aromatic heterocycles. The topological polar surface area (TPSA) is 0 Å². The number of halogens is 2. The quantitative estimate of drug-likeness (QED) is 0.465. The zero-order valence-electron chi connectivity index (χ0n) is 6.74. The molecule has 0 fully saturated rings. The maximum Gasteiger partial charge on any atom is -1.00 e. The molecule has 0 N–H and O–H groups in total. The standard InChI is InChI=1S/C9H8F.BrH.Mg/c10-9-6-2-4-7-3-1-5-8(7)9;;/h2,6H,1,3,5H2;1H;/q;;+1/p-1. The van der Waals surface area contributed by atoms with Crippen molar-refractivity contribution in [3.05, 3.63) is 29.1 Å². The van der Waals surface area contributed by atoms with Crippen LogP contribution in [0.2, 0.25) is 0 Å². The second-order valence-electron chi connectivity index (χ2n) is 3.02. The summed E-state index contributed by atoms with van der Waals surface area (Å²) in [6.07, 6.45) is 3.14. The fraction of sp³-hybridized carbons (Fsp3) is 0.333. The van der Waals surface area contributed by atoms with E-state index in [0.717, 1.165) is 24.8 Å². The van der Waals surface area contributed by atoms with Gasteiger partial charge in [-0.05, 0) is 0 Å². The Kier molecular flexibility index (Phi) is 3.55. The van der Waals surface area contributed by atoms with E-state index in [4.69, 9.17) is 0 Å². The molecular weight excluding hydrogens is 231 g/mol. The van der Waals surface area contributed by atoms with Crippen molar-refractivity contribution in [2.24, 2.45) is 0 Å². The fourth-order valence-electron chi connectivity index (χ4n) is 1.74. The first-order valence-corrected chi connectivity index (χ1v) is 4.62. The van der Waals surface area contributed by atoms with Crippen LogP contribution in [0, 0.1) is 5.82 Å². The van der Waals surface area contributed by atoms with Crippen molar-refractivity contribution in [1.29, 1.82) is 0 Å². The Bertz CT molecular complexity index is 270. The summed E-state index contributed by atoms with van der Waals surface area (Å²) in [5.74, 6) is -0.00657. The van der Waals surface area contributed by atoms with Crippen molar-refractivity contribution in [2.45, 2.75) is 19.3 Å². The number of hydrogen-bond acceptors (Lipinski definition) is 0. The molecule has 0 nitrogen and oxygen atoms in total. The van der Waals surface area contributed by atoms with E-state index >= 15 is 0 Å². The van der Waals surface area contributed by atoms with Crippen LogP contribution in [0.4, 0.5) is 4.39 Å². The van der Waals surface area contributed by atoms with E-state index in [9.17, 15) is 4.39 Å². The molecule has 0 unspecified atom stereocenters. The van der Waals surface area contributed by atoms with Crippen LogP contribution in [0.25, 0.3) is 0 Å². The van der Waals surface area contributed by atoms with Crippen LogP contribution in [0.3, 0.4) is 0 Å². The summed E-state index contributed by atoms with van der Waals surface area (Å²) in [4.78, 5) is 0. The van der Waals surface area contributed by atoms with Crippen molar-refractivity contribution in [3.63, 3.8) is 0 Å². The van der Waals surface area contributed by atoms with Gasteiger partial charge in [-0.15, -0.1) is 0 Å². The van der Waals surface area contributed by atoms with E-state index in [-0.39, 0.29) is 22.8 Å². The fourth-order valence-corrected chi connectivity index (χ4v) is 2.24. The van der Waals surface area contributed by atoms with Gasteiger partial charge in [-0.25, -0.2) is 0 Å². The van der Waals surface area contributed by atoms with E-state index in [1.807, 2.05) is 27.8 Å². The molecule has 0 atom stereocenters. The summed E-state index contributed by atoms with van der Waals surface area (Å²) in [5.41, 5.74) is 2.24. The van der Waals surface area contributed by atoms with Crippen LogP contribution in [-0.4, -0.2) is 21.7 Å². The molecular formula is C9H8BrFMg. The van der Waals surface area contributed by atoms with Crippen LogP contribution < -0.4 is 20.7 Å². The second-order valence-corrected chi connectivity index (χ2v) is 3.78. The number of benzene rings is 1. The predicted octanol–water partition coefficient (Wildman–Crippen LogP) is -1.89. The summed E-state index contributed by atoms with van der Waals surface area (Å²) in [6, 6.07) is 3.48. The molecule has 3 heteroatoms. The Hall–Kier alpha value is 0.396. The Morgan fingerprint density at radius 1 is 1.17 bits per heavy atom. The molecule has 1 aliphatic carbocycles. The molecule has 2 rings (SSSR count). The van der Waals surface area contributed by atoms with Gasteiger partial charge in [0, 0.05) is 0 Å². The first-order valence-electron chi connectivity index (χ1n) is 3.91. The molecule has 0 heterocycles. The van der Waals surface area contributed by atoms with Crippen molar-refractivity contribution < 1.29 is 21.4 Å². The molecule has 60 valence electrons. The molecule has 0 saturated heterocycles. The Morgan fingerprint density at radius 3 is 2.50 bits per heavy atom. The largest absolute Gasteiger partial charge is 1.00 e. The second kappa shape index (κ2) is 4.07. The number of rotatable bonds is 0. The van der Waals surface area contributed by atoms with Crippen LogP contribution in [0.5, 0.6) is 0 Å². The monoisotopic (exact) mass is 238 g/mol. The Balaban J connectivity index is 0.000000720. The summed E-state index contributed by atoms with van der Waals surface area (Å²) in [7, 11) is 0. The normalized spacial score (nSPS) is 13.9. The van der Waals surface area contributed by atoms with Crippen molar-refractivity contribution in [1.82, 2.24) is 0 Å². The predicted molar refractivity (Wildman–Crippen MR) is 43.8 cm³/mol. The van der Waals surface area contributed by atoms with Gasteiger partial charge < -0.3 is 17.0 Å². The zero-order valence-corrected chi connectivity index (χ0v) is 9.74. The SMILES string of the molecule is Fc1cc[c]([Mg+])c2c1CCC2.[Br-]. The minimum absolute atomic E-state index is 0. The third-order valence-electron chi connectivity index (χ3n) is 2.32. The summed E-state index contributed by atoms with van der Waals surface area (Å²) in [5, 5.41) is 0. The average molecular weight is 239 g/mol. The third-order valence-corrected chi connectivity index (χ3v) is 2.99. The number of fused-ring (bicyclic) bond motifs is 1. The molecule has 12 heavy (non-hydrogen) atoms. The smallest absolute Gasteiger partial charge is 1.00 e. The molecule has 0 bridgehead atoms. The average Bonchev–Trinajstić information content (AvgIpc) is 2.45. The minimum Gasteiger partial charge on any atom is -1.00 e. The van der Waals surface area contributed by atoms with Gasteiger partial charge >= 0.3 is 78.1 Å². The maximum atomic E-state index is 13.1. The van der Waals surface area contributed by atoms with Crippen LogP contribution in [-0.2, 0) is 12.8 Å². The van der Waals surface area contributed by atoms with Gasteiger partial charge in [-0.2, -0.15) is 0 Å². The molecule has 1 aromatic rings. The molecule has 0 amide bonds. The first kappa shape index (κ1) is 10.5. The Morgan fingerprint density at radius 2 is 1.83 bits per heavy atom. The van der Waals surface area contributed by atoms with E-state index < -0.39 is 0 Å². The van der Waals surface area contributed by atoms with E-state index in [1.165, 1.54) is 9.26 Å². The van der Waals surface area contributed by atoms with Gasteiger partial charge in [0.25, 0.3) is 0 Å². The van der Waals surface area contributed by atoms with Gasteiger partial charge in [0.15, 0.2) is 0 Å². The molecule has 0 radical (unpaired) electrons. The molecule has 1 aromatic carbocycles. The first-order chi connectivity index (χ1) is 5.29. The molecule has 0 spiro atoms. The van der Waals surface area contributed by atoms with Crippen molar-refractivity contribution in [3.8, 4) is 0 Å². The third kappa shape index (κ3) is 1.68. The zero-order chi connectivity index (χ0) is 7.84. The molecule has 1 aliphatic rings. The molecule has 0 aliphatic heterocycles. The van der Waals surface area contributed by atoms with Crippen LogP contribution >= 0.6 is 0 Å². The number of hydrogen-bond donors (Lipinski definition) is 0. The van der Waals surface area contributed by atoms with E-state index in [0.29, 0.717) is 0 Å². The van der Waals surface area contributed by atoms with Gasteiger partial charge in [-0.1, -0.05) is 0 Å². The maximum absolute atomic E-state index is 13.1.